The highest BCUT2D eigenvalue weighted by Crippen LogP contribution is 2.40. The smallest absolute Gasteiger partial charge is 0.391 e. The summed E-state index contributed by atoms with van der Waals surface area (Å²) in [6, 6.07) is 2.71. The predicted octanol–water partition coefficient (Wildman–Crippen LogP) is 2.64. The molecule has 4 atom stereocenters. The Morgan fingerprint density at radius 2 is 1.85 bits per heavy atom. The molecule has 0 spiro atoms. The lowest BCUT2D eigenvalue weighted by Crippen LogP contribution is -2.52. The van der Waals surface area contributed by atoms with Crippen molar-refractivity contribution in [1.82, 2.24) is 30.1 Å². The molecule has 1 aromatic heterocycles. The van der Waals surface area contributed by atoms with Crippen molar-refractivity contribution in [3.63, 3.8) is 0 Å². The molecule has 1 unspecified atom stereocenters. The number of aliphatic hydroxyl groups is 1. The van der Waals surface area contributed by atoms with E-state index in [1.165, 1.54) is 28.0 Å². The fraction of sp³-hybridized carbons (Fsp3) is 0.607. The number of alkyl halides is 3. The maximum Gasteiger partial charge on any atom is 0.416 e. The summed E-state index contributed by atoms with van der Waals surface area (Å²) in [5.41, 5.74) is -0.580. The van der Waals surface area contributed by atoms with Gasteiger partial charge in [-0.15, -0.1) is 5.10 Å². The van der Waals surface area contributed by atoms with Gasteiger partial charge in [-0.05, 0) is 29.9 Å². The Hall–Kier alpha value is -3.48. The number of aromatic nitrogens is 3. The largest absolute Gasteiger partial charge is 0.416 e. The number of amides is 3. The van der Waals surface area contributed by atoms with Crippen LogP contribution in [0.2, 0.25) is 0 Å². The van der Waals surface area contributed by atoms with Crippen molar-refractivity contribution in [1.29, 1.82) is 0 Å². The number of likely N-dealkylation sites (tertiary alicyclic amines) is 2. The summed E-state index contributed by atoms with van der Waals surface area (Å²) in [4.78, 5) is 42.6. The number of aliphatic hydroxyl groups excluding tert-OH is 1. The van der Waals surface area contributed by atoms with E-state index in [4.69, 9.17) is 0 Å². The minimum absolute atomic E-state index is 0.0258. The van der Waals surface area contributed by atoms with E-state index in [-0.39, 0.29) is 49.9 Å². The molecule has 41 heavy (non-hydrogen) atoms. The average Bonchev–Trinajstić information content (AvgIpc) is 3.32. The summed E-state index contributed by atoms with van der Waals surface area (Å²) in [7, 11) is 0. The molecule has 2 aliphatic heterocycles. The second-order valence-corrected chi connectivity index (χ2v) is 12.4. The molecule has 0 radical (unpaired) electrons. The standard InChI is InChI=1S/C28H35F3N6O4/c1-27(2,3)24(37-15-21(33-34-37)16-8-9-16)26(41)36-14-19(38)11-22(36)25(40)32-18-10-23(39)35(13-18)12-17-6-4-5-7-20(17)28(29,30)31/h4-7,15-16,18-19,22,24,38H,8-14H2,1-3H3,(H,32,40)/t18?,19-,22+,24-/m1/s1. The van der Waals surface area contributed by atoms with Gasteiger partial charge in [0.1, 0.15) is 12.1 Å². The van der Waals surface area contributed by atoms with Crippen LogP contribution in [0.1, 0.15) is 75.2 Å². The minimum atomic E-state index is -4.55. The lowest BCUT2D eigenvalue weighted by molar-refractivity contribution is -0.144. The van der Waals surface area contributed by atoms with Crippen molar-refractivity contribution in [2.45, 2.75) is 89.3 Å². The second-order valence-electron chi connectivity index (χ2n) is 12.4. The van der Waals surface area contributed by atoms with E-state index < -0.39 is 47.3 Å². The van der Waals surface area contributed by atoms with Gasteiger partial charge in [-0.3, -0.25) is 14.4 Å². The summed E-state index contributed by atoms with van der Waals surface area (Å²) >= 11 is 0. The number of nitrogens with zero attached hydrogens (tertiary/aromatic N) is 5. The summed E-state index contributed by atoms with van der Waals surface area (Å²) < 4.78 is 41.8. The molecule has 10 nitrogen and oxygen atoms in total. The van der Waals surface area contributed by atoms with Gasteiger partial charge in [0.25, 0.3) is 0 Å². The normalized spacial score (nSPS) is 24.2. The third-order valence-electron chi connectivity index (χ3n) is 7.95. The maximum atomic E-state index is 13.9. The SMILES string of the molecule is CC(C)(C)[C@@H](C(=O)N1C[C@H](O)C[C@H]1C(=O)NC1CC(=O)N(Cc2ccccc2C(F)(F)F)C1)n1cc(C2CC2)nn1. The maximum absolute atomic E-state index is 13.9. The molecule has 2 aromatic rings. The quantitative estimate of drug-likeness (QED) is 0.523. The molecule has 13 heteroatoms. The zero-order valence-corrected chi connectivity index (χ0v) is 23.3. The van der Waals surface area contributed by atoms with Gasteiger partial charge in [0.15, 0.2) is 0 Å². The molecule has 222 valence electrons. The van der Waals surface area contributed by atoms with Gasteiger partial charge in [-0.25, -0.2) is 4.68 Å². The van der Waals surface area contributed by atoms with Crippen LogP contribution < -0.4 is 5.32 Å². The van der Waals surface area contributed by atoms with Crippen LogP contribution in [0.15, 0.2) is 30.5 Å². The Balaban J connectivity index is 1.27. The van der Waals surface area contributed by atoms with Crippen molar-refractivity contribution in [2.75, 3.05) is 13.1 Å². The van der Waals surface area contributed by atoms with Crippen molar-refractivity contribution < 1.29 is 32.7 Å². The molecule has 1 aromatic carbocycles. The molecule has 3 heterocycles. The number of carbonyl (C=O) groups excluding carboxylic acids is 3. The minimum Gasteiger partial charge on any atom is -0.391 e. The monoisotopic (exact) mass is 576 g/mol. The van der Waals surface area contributed by atoms with Crippen LogP contribution in [0.5, 0.6) is 0 Å². The van der Waals surface area contributed by atoms with Crippen molar-refractivity contribution >= 4 is 17.7 Å². The van der Waals surface area contributed by atoms with Crippen LogP contribution in [0.3, 0.4) is 0 Å². The average molecular weight is 577 g/mol. The number of carbonyl (C=O) groups is 3. The van der Waals surface area contributed by atoms with Crippen LogP contribution >= 0.6 is 0 Å². The van der Waals surface area contributed by atoms with Crippen molar-refractivity contribution in [3.8, 4) is 0 Å². The zero-order valence-electron chi connectivity index (χ0n) is 23.3. The van der Waals surface area contributed by atoms with E-state index in [1.807, 2.05) is 20.8 Å². The first-order valence-corrected chi connectivity index (χ1v) is 13.9. The Kier molecular flexibility index (Phi) is 7.60. The fourth-order valence-corrected chi connectivity index (χ4v) is 5.79. The van der Waals surface area contributed by atoms with E-state index in [0.717, 1.165) is 24.6 Å². The van der Waals surface area contributed by atoms with Crippen molar-refractivity contribution in [3.05, 3.63) is 47.3 Å². The number of nitrogens with one attached hydrogen (secondary N) is 1. The molecule has 2 N–H and O–H groups in total. The number of halogens is 3. The third kappa shape index (κ3) is 6.24. The van der Waals surface area contributed by atoms with E-state index in [2.05, 4.69) is 15.6 Å². The van der Waals surface area contributed by atoms with Crippen LogP contribution in [0.4, 0.5) is 13.2 Å². The number of hydrogen-bond acceptors (Lipinski definition) is 6. The number of benzene rings is 1. The van der Waals surface area contributed by atoms with Gasteiger partial charge in [0.2, 0.25) is 17.7 Å². The van der Waals surface area contributed by atoms with Gasteiger partial charge in [0, 0.05) is 44.6 Å². The van der Waals surface area contributed by atoms with Crippen LogP contribution in [0.25, 0.3) is 0 Å². The Morgan fingerprint density at radius 1 is 1.15 bits per heavy atom. The predicted molar refractivity (Wildman–Crippen MR) is 140 cm³/mol. The van der Waals surface area contributed by atoms with E-state index in [9.17, 15) is 32.7 Å². The molecule has 1 saturated carbocycles. The topological polar surface area (TPSA) is 121 Å². The van der Waals surface area contributed by atoms with E-state index >= 15 is 0 Å². The van der Waals surface area contributed by atoms with Crippen LogP contribution in [-0.2, 0) is 27.1 Å². The lowest BCUT2D eigenvalue weighted by atomic mass is 9.85. The van der Waals surface area contributed by atoms with Gasteiger partial charge < -0.3 is 20.2 Å². The second kappa shape index (κ2) is 10.7. The molecule has 1 aliphatic carbocycles. The lowest BCUT2D eigenvalue weighted by Gasteiger charge is -2.34. The highest BCUT2D eigenvalue weighted by atomic mass is 19.4. The van der Waals surface area contributed by atoms with E-state index in [1.54, 1.807) is 10.9 Å². The first-order chi connectivity index (χ1) is 19.2. The Morgan fingerprint density at radius 3 is 2.51 bits per heavy atom. The molecular weight excluding hydrogens is 541 g/mol. The van der Waals surface area contributed by atoms with Crippen LogP contribution in [0, 0.1) is 5.41 Å². The Bertz CT molecular complexity index is 1320. The highest BCUT2D eigenvalue weighted by molar-refractivity contribution is 5.91. The summed E-state index contributed by atoms with van der Waals surface area (Å²) in [6.45, 7) is 5.45. The number of rotatable bonds is 7. The molecule has 3 fully saturated rings. The van der Waals surface area contributed by atoms with Crippen LogP contribution in [-0.4, -0.2) is 78.9 Å². The molecule has 5 rings (SSSR count). The van der Waals surface area contributed by atoms with E-state index in [0.29, 0.717) is 5.92 Å². The first-order valence-electron chi connectivity index (χ1n) is 13.9. The van der Waals surface area contributed by atoms with Gasteiger partial charge in [0.05, 0.1) is 23.4 Å². The summed E-state index contributed by atoms with van der Waals surface area (Å²) in [6.07, 6.45) is -1.66. The van der Waals surface area contributed by atoms with Gasteiger partial charge in [-0.1, -0.05) is 44.2 Å². The molecule has 3 amide bonds. The van der Waals surface area contributed by atoms with Gasteiger partial charge >= 0.3 is 6.18 Å². The number of β-amino-alcohol motifs (C(OH)–C–C–N with tert-alkyl or cyclic N) is 1. The fourth-order valence-electron chi connectivity index (χ4n) is 5.79. The molecule has 0 bridgehead atoms. The molecule has 2 saturated heterocycles. The zero-order chi connectivity index (χ0) is 29.7. The molecular formula is C28H35F3N6O4. The third-order valence-corrected chi connectivity index (χ3v) is 7.95. The molecule has 3 aliphatic rings. The summed E-state index contributed by atoms with van der Waals surface area (Å²) in [5.74, 6) is -0.913. The first kappa shape index (κ1) is 29.0. The number of hydrogen-bond donors (Lipinski definition) is 2. The highest BCUT2D eigenvalue weighted by Gasteiger charge is 2.46. The van der Waals surface area contributed by atoms with Gasteiger partial charge in [-0.2, -0.15) is 13.2 Å². The Labute approximate surface area is 235 Å². The summed E-state index contributed by atoms with van der Waals surface area (Å²) in [5, 5.41) is 21.7. The van der Waals surface area contributed by atoms with Crippen molar-refractivity contribution in [2.24, 2.45) is 5.41 Å².